The van der Waals surface area contributed by atoms with Crippen LogP contribution < -0.4 is 10.1 Å². The number of hydrogen-bond acceptors (Lipinski definition) is 4. The Kier molecular flexibility index (Phi) is 6.48. The van der Waals surface area contributed by atoms with Crippen LogP contribution in [0.5, 0.6) is 5.75 Å². The van der Waals surface area contributed by atoms with Gasteiger partial charge in [-0.25, -0.2) is 4.68 Å². The molecule has 0 saturated carbocycles. The van der Waals surface area contributed by atoms with Crippen LogP contribution in [0.2, 0.25) is 10.0 Å². The lowest BCUT2D eigenvalue weighted by Crippen LogP contribution is -2.15. The van der Waals surface area contributed by atoms with Crippen LogP contribution in [0, 0.1) is 13.8 Å². The van der Waals surface area contributed by atoms with Crippen LogP contribution in [0.15, 0.2) is 60.8 Å². The highest BCUT2D eigenvalue weighted by Gasteiger charge is 2.17. The van der Waals surface area contributed by atoms with Crippen molar-refractivity contribution in [3.63, 3.8) is 0 Å². The molecule has 7 nitrogen and oxygen atoms in total. The van der Waals surface area contributed by atoms with Gasteiger partial charge in [0.05, 0.1) is 28.6 Å². The molecule has 32 heavy (non-hydrogen) atoms. The molecule has 164 valence electrons. The van der Waals surface area contributed by atoms with E-state index < -0.39 is 0 Å². The lowest BCUT2D eigenvalue weighted by Gasteiger charge is -2.08. The maximum atomic E-state index is 12.8. The monoisotopic (exact) mass is 469 g/mol. The number of halogens is 2. The second kappa shape index (κ2) is 9.46. The van der Waals surface area contributed by atoms with E-state index in [-0.39, 0.29) is 18.3 Å². The van der Waals surface area contributed by atoms with Crippen LogP contribution >= 0.6 is 23.2 Å². The number of aromatic nitrogens is 4. The standard InChI is InChI=1S/C23H21Cl2N5O2/c1-15-22(16(2)30(27-15)13-17-6-4-3-5-7-17)26-23(31)20-10-11-29(28-20)14-32-21-9-8-18(24)12-19(21)25/h3-12H,13-14H2,1-2H3,(H,26,31). The summed E-state index contributed by atoms with van der Waals surface area (Å²) in [5.41, 5.74) is 3.71. The van der Waals surface area contributed by atoms with E-state index in [1.165, 1.54) is 4.68 Å². The molecule has 1 amide bonds. The summed E-state index contributed by atoms with van der Waals surface area (Å²) in [4.78, 5) is 12.8. The number of rotatable bonds is 7. The van der Waals surface area contributed by atoms with Crippen molar-refractivity contribution in [2.75, 3.05) is 5.32 Å². The third-order valence-electron chi connectivity index (χ3n) is 4.91. The molecule has 0 aliphatic rings. The summed E-state index contributed by atoms with van der Waals surface area (Å²) in [6.45, 7) is 4.53. The summed E-state index contributed by atoms with van der Waals surface area (Å²) in [6.07, 6.45) is 1.66. The summed E-state index contributed by atoms with van der Waals surface area (Å²) < 4.78 is 9.04. The molecule has 1 N–H and O–H groups in total. The summed E-state index contributed by atoms with van der Waals surface area (Å²) >= 11 is 12.0. The van der Waals surface area contributed by atoms with E-state index in [1.54, 1.807) is 30.5 Å². The predicted molar refractivity (Wildman–Crippen MR) is 125 cm³/mol. The third kappa shape index (κ3) is 4.95. The fourth-order valence-corrected chi connectivity index (χ4v) is 3.71. The van der Waals surface area contributed by atoms with E-state index in [1.807, 2.05) is 48.9 Å². The first kappa shape index (κ1) is 21.9. The van der Waals surface area contributed by atoms with Gasteiger partial charge in [0.15, 0.2) is 12.4 Å². The van der Waals surface area contributed by atoms with Crippen molar-refractivity contribution in [1.82, 2.24) is 19.6 Å². The Morgan fingerprint density at radius 3 is 2.59 bits per heavy atom. The molecule has 2 aromatic carbocycles. The molecule has 0 radical (unpaired) electrons. The lowest BCUT2D eigenvalue weighted by atomic mass is 10.2. The van der Waals surface area contributed by atoms with Crippen molar-refractivity contribution in [3.05, 3.63) is 93.5 Å². The van der Waals surface area contributed by atoms with Gasteiger partial charge in [0.25, 0.3) is 5.91 Å². The van der Waals surface area contributed by atoms with Crippen molar-refractivity contribution >= 4 is 34.8 Å². The second-order valence-corrected chi connectivity index (χ2v) is 8.08. The fourth-order valence-electron chi connectivity index (χ4n) is 3.25. The number of nitrogens with zero attached hydrogens (tertiary/aromatic N) is 4. The maximum Gasteiger partial charge on any atom is 0.276 e. The van der Waals surface area contributed by atoms with Gasteiger partial charge >= 0.3 is 0 Å². The van der Waals surface area contributed by atoms with Gasteiger partial charge in [-0.1, -0.05) is 53.5 Å². The summed E-state index contributed by atoms with van der Waals surface area (Å²) in [5, 5.41) is 12.7. The normalized spacial score (nSPS) is 10.9. The van der Waals surface area contributed by atoms with Crippen molar-refractivity contribution in [2.45, 2.75) is 27.1 Å². The molecule has 0 fully saturated rings. The number of nitrogens with one attached hydrogen (secondary N) is 1. The second-order valence-electron chi connectivity index (χ2n) is 7.23. The molecule has 9 heteroatoms. The van der Waals surface area contributed by atoms with Crippen molar-refractivity contribution < 1.29 is 9.53 Å². The highest BCUT2D eigenvalue weighted by atomic mass is 35.5. The quantitative estimate of drug-likeness (QED) is 0.396. The number of carbonyl (C=O) groups excluding carboxylic acids is 1. The first-order valence-electron chi connectivity index (χ1n) is 9.91. The summed E-state index contributed by atoms with van der Waals surface area (Å²) in [7, 11) is 0. The number of anilines is 1. The van der Waals surface area contributed by atoms with Crippen molar-refractivity contribution in [2.24, 2.45) is 0 Å². The van der Waals surface area contributed by atoms with Gasteiger partial charge in [0.1, 0.15) is 5.75 Å². The third-order valence-corrected chi connectivity index (χ3v) is 5.45. The molecule has 0 saturated heterocycles. The van der Waals surface area contributed by atoms with Crippen LogP contribution in [-0.4, -0.2) is 25.5 Å². The Balaban J connectivity index is 1.42. The van der Waals surface area contributed by atoms with E-state index in [0.29, 0.717) is 28.0 Å². The minimum atomic E-state index is -0.321. The van der Waals surface area contributed by atoms with Gasteiger partial charge in [-0.15, -0.1) is 0 Å². The highest BCUT2D eigenvalue weighted by Crippen LogP contribution is 2.27. The molecule has 0 bridgehead atoms. The zero-order valence-electron chi connectivity index (χ0n) is 17.5. The van der Waals surface area contributed by atoms with Gasteiger partial charge in [0.2, 0.25) is 0 Å². The average Bonchev–Trinajstić information content (AvgIpc) is 3.34. The number of ether oxygens (including phenoxy) is 1. The smallest absolute Gasteiger partial charge is 0.276 e. The number of aryl methyl sites for hydroxylation is 1. The van der Waals surface area contributed by atoms with Gasteiger partial charge in [-0.3, -0.25) is 9.48 Å². The number of amides is 1. The fraction of sp³-hybridized carbons (Fsp3) is 0.174. The van der Waals surface area contributed by atoms with Gasteiger partial charge in [-0.2, -0.15) is 10.2 Å². The first-order valence-corrected chi connectivity index (χ1v) is 10.7. The molecular weight excluding hydrogens is 449 g/mol. The average molecular weight is 470 g/mol. The molecule has 4 rings (SSSR count). The van der Waals surface area contributed by atoms with E-state index in [9.17, 15) is 4.79 Å². The number of hydrogen-bond donors (Lipinski definition) is 1. The Labute approximate surface area is 195 Å². The molecule has 0 aliphatic heterocycles. The predicted octanol–water partition coefficient (Wildman–Crippen LogP) is 5.34. The molecule has 2 aromatic heterocycles. The van der Waals surface area contributed by atoms with Crippen LogP contribution in [0.25, 0.3) is 0 Å². The van der Waals surface area contributed by atoms with Gasteiger partial charge in [0, 0.05) is 11.2 Å². The topological polar surface area (TPSA) is 74.0 Å². The first-order chi connectivity index (χ1) is 15.4. The highest BCUT2D eigenvalue weighted by molar-refractivity contribution is 6.35. The molecule has 0 spiro atoms. The summed E-state index contributed by atoms with van der Waals surface area (Å²) in [5.74, 6) is 0.161. The molecule has 0 atom stereocenters. The SMILES string of the molecule is Cc1nn(Cc2ccccc2)c(C)c1NC(=O)c1ccn(COc2ccc(Cl)cc2Cl)n1. The molecular formula is C23H21Cl2N5O2. The van der Waals surface area contributed by atoms with Crippen molar-refractivity contribution in [1.29, 1.82) is 0 Å². The van der Waals surface area contributed by atoms with E-state index in [2.05, 4.69) is 15.5 Å². The van der Waals surface area contributed by atoms with E-state index >= 15 is 0 Å². The van der Waals surface area contributed by atoms with Crippen LogP contribution in [0.4, 0.5) is 5.69 Å². The molecule has 2 heterocycles. The van der Waals surface area contributed by atoms with Crippen LogP contribution in [0.3, 0.4) is 0 Å². The number of carbonyl (C=O) groups is 1. The lowest BCUT2D eigenvalue weighted by molar-refractivity contribution is 0.102. The maximum absolute atomic E-state index is 12.8. The van der Waals surface area contributed by atoms with Crippen LogP contribution in [-0.2, 0) is 13.3 Å². The van der Waals surface area contributed by atoms with Crippen LogP contribution in [0.1, 0.15) is 27.4 Å². The van der Waals surface area contributed by atoms with Crippen molar-refractivity contribution in [3.8, 4) is 5.75 Å². The van der Waals surface area contributed by atoms with Gasteiger partial charge < -0.3 is 10.1 Å². The molecule has 0 unspecified atom stereocenters. The van der Waals surface area contributed by atoms with E-state index in [4.69, 9.17) is 27.9 Å². The minimum absolute atomic E-state index is 0.0989. The molecule has 4 aromatic rings. The zero-order valence-corrected chi connectivity index (χ0v) is 19.1. The Morgan fingerprint density at radius 1 is 1.06 bits per heavy atom. The van der Waals surface area contributed by atoms with E-state index in [0.717, 1.165) is 17.0 Å². The Hall–Kier alpha value is -3.29. The number of benzene rings is 2. The zero-order chi connectivity index (χ0) is 22.7. The minimum Gasteiger partial charge on any atom is -0.470 e. The molecule has 0 aliphatic carbocycles. The van der Waals surface area contributed by atoms with Gasteiger partial charge in [-0.05, 0) is 43.7 Å². The summed E-state index contributed by atoms with van der Waals surface area (Å²) in [6, 6.07) is 16.6. The largest absolute Gasteiger partial charge is 0.470 e. The Bertz CT molecular complexity index is 1250. The Morgan fingerprint density at radius 2 is 1.84 bits per heavy atom.